The fourth-order valence-corrected chi connectivity index (χ4v) is 3.15. The Morgan fingerprint density at radius 1 is 0.920 bits per heavy atom. The predicted octanol–water partition coefficient (Wildman–Crippen LogP) is 4.20. The van der Waals surface area contributed by atoms with Crippen LogP contribution in [0.4, 0.5) is 11.4 Å². The summed E-state index contributed by atoms with van der Waals surface area (Å²) in [4.78, 5) is 37.4. The van der Waals surface area contributed by atoms with Gasteiger partial charge in [0.05, 0.1) is 16.2 Å². The first-order valence-corrected chi connectivity index (χ1v) is 7.70. The molecule has 7 heteroatoms. The molecular weight excluding hydrogens is 344 g/mol. The van der Waals surface area contributed by atoms with Crippen molar-refractivity contribution in [2.24, 2.45) is 0 Å². The van der Waals surface area contributed by atoms with Crippen molar-refractivity contribution in [2.45, 2.75) is 0 Å². The van der Waals surface area contributed by atoms with Gasteiger partial charge in [0, 0.05) is 28.1 Å². The van der Waals surface area contributed by atoms with E-state index in [0.29, 0.717) is 27.0 Å². The molecule has 0 fully saturated rings. The van der Waals surface area contributed by atoms with E-state index < -0.39 is 16.7 Å². The van der Waals surface area contributed by atoms with Crippen molar-refractivity contribution in [3.8, 4) is 0 Å². The van der Waals surface area contributed by atoms with Crippen LogP contribution in [0.25, 0.3) is 10.8 Å². The highest BCUT2D eigenvalue weighted by Gasteiger charge is 2.35. The van der Waals surface area contributed by atoms with E-state index in [4.69, 9.17) is 11.6 Å². The van der Waals surface area contributed by atoms with Crippen LogP contribution in [0, 0.1) is 10.1 Å². The molecule has 0 atom stereocenters. The number of hydrogen-bond donors (Lipinski definition) is 0. The van der Waals surface area contributed by atoms with Gasteiger partial charge in [-0.2, -0.15) is 0 Å². The summed E-state index contributed by atoms with van der Waals surface area (Å²) in [6.07, 6.45) is 0. The van der Waals surface area contributed by atoms with Crippen LogP contribution >= 0.6 is 11.6 Å². The molecule has 0 radical (unpaired) electrons. The van der Waals surface area contributed by atoms with Crippen LogP contribution in [-0.4, -0.2) is 16.7 Å². The van der Waals surface area contributed by atoms with Crippen LogP contribution in [0.1, 0.15) is 20.7 Å². The molecule has 0 spiro atoms. The zero-order valence-electron chi connectivity index (χ0n) is 12.6. The molecule has 3 aromatic carbocycles. The van der Waals surface area contributed by atoms with E-state index in [1.807, 2.05) is 0 Å². The highest BCUT2D eigenvalue weighted by molar-refractivity contribution is 6.36. The molecule has 3 aromatic rings. The van der Waals surface area contributed by atoms with Crippen LogP contribution < -0.4 is 4.90 Å². The third-order valence-corrected chi connectivity index (χ3v) is 4.38. The van der Waals surface area contributed by atoms with E-state index in [1.54, 1.807) is 42.5 Å². The maximum atomic E-state index is 12.9. The molecule has 1 aliphatic rings. The molecule has 0 aromatic heterocycles. The summed E-state index contributed by atoms with van der Waals surface area (Å²) in [5.74, 6) is -1.07. The summed E-state index contributed by atoms with van der Waals surface area (Å²) in [5.41, 5.74) is 0.623. The van der Waals surface area contributed by atoms with Gasteiger partial charge in [-0.05, 0) is 35.7 Å². The average Bonchev–Trinajstić information content (AvgIpc) is 2.60. The number of nitro groups is 1. The van der Waals surface area contributed by atoms with Crippen LogP contribution in [0.3, 0.4) is 0 Å². The van der Waals surface area contributed by atoms with Crippen LogP contribution in [0.5, 0.6) is 0 Å². The Bertz CT molecular complexity index is 1080. The smallest absolute Gasteiger partial charge is 0.268 e. The number of hydrogen-bond acceptors (Lipinski definition) is 4. The number of benzene rings is 3. The average molecular weight is 353 g/mol. The van der Waals surface area contributed by atoms with Crippen molar-refractivity contribution in [3.63, 3.8) is 0 Å². The quantitative estimate of drug-likeness (QED) is 0.393. The molecule has 0 saturated heterocycles. The van der Waals surface area contributed by atoms with E-state index in [2.05, 4.69) is 0 Å². The minimum Gasteiger partial charge on any atom is -0.268 e. The summed E-state index contributed by atoms with van der Waals surface area (Å²) in [6.45, 7) is 0. The first-order chi connectivity index (χ1) is 12.0. The SMILES string of the molecule is O=C1c2cccc3cc([N+](=O)[O-])cc(c23)C(=O)N1c1ccc(Cl)cc1. The van der Waals surface area contributed by atoms with Crippen molar-refractivity contribution >= 4 is 45.6 Å². The normalized spacial score (nSPS) is 13.4. The minimum atomic E-state index is -0.597. The molecule has 0 N–H and O–H groups in total. The Morgan fingerprint density at radius 2 is 1.60 bits per heavy atom. The molecule has 0 bridgehead atoms. The van der Waals surface area contributed by atoms with E-state index in [9.17, 15) is 19.7 Å². The molecule has 25 heavy (non-hydrogen) atoms. The maximum Gasteiger partial charge on any atom is 0.270 e. The van der Waals surface area contributed by atoms with Crippen molar-refractivity contribution in [2.75, 3.05) is 4.90 Å². The largest absolute Gasteiger partial charge is 0.270 e. The maximum absolute atomic E-state index is 12.9. The van der Waals surface area contributed by atoms with Gasteiger partial charge in [-0.1, -0.05) is 23.7 Å². The van der Waals surface area contributed by atoms with E-state index in [1.165, 1.54) is 12.1 Å². The van der Waals surface area contributed by atoms with E-state index >= 15 is 0 Å². The van der Waals surface area contributed by atoms with E-state index in [-0.39, 0.29) is 11.3 Å². The number of non-ortho nitro benzene ring substituents is 1. The zero-order chi connectivity index (χ0) is 17.7. The Balaban J connectivity index is 2.00. The molecule has 122 valence electrons. The second kappa shape index (κ2) is 5.39. The van der Waals surface area contributed by atoms with Crippen LogP contribution in [0.2, 0.25) is 5.02 Å². The molecule has 2 amide bonds. The minimum absolute atomic E-state index is 0.134. The number of nitrogens with zero attached hydrogens (tertiary/aromatic N) is 2. The topological polar surface area (TPSA) is 80.5 Å². The summed E-state index contributed by atoms with van der Waals surface area (Å²) >= 11 is 5.86. The lowest BCUT2D eigenvalue weighted by atomic mass is 9.93. The third-order valence-electron chi connectivity index (χ3n) is 4.12. The lowest BCUT2D eigenvalue weighted by molar-refractivity contribution is -0.384. The number of carbonyl (C=O) groups is 2. The molecule has 1 heterocycles. The first kappa shape index (κ1) is 15.3. The van der Waals surface area contributed by atoms with Gasteiger partial charge in [0.2, 0.25) is 0 Å². The van der Waals surface area contributed by atoms with Gasteiger partial charge in [-0.25, -0.2) is 4.90 Å². The summed E-state index contributed by atoms with van der Waals surface area (Å²) in [6, 6.07) is 13.7. The van der Waals surface area contributed by atoms with Gasteiger partial charge in [0.15, 0.2) is 0 Å². The van der Waals surface area contributed by atoms with Crippen molar-refractivity contribution in [1.29, 1.82) is 0 Å². The highest BCUT2D eigenvalue weighted by Crippen LogP contribution is 2.35. The molecule has 4 rings (SSSR count). The van der Waals surface area contributed by atoms with Crippen LogP contribution in [0.15, 0.2) is 54.6 Å². The Labute approximate surface area is 146 Å². The predicted molar refractivity (Wildman–Crippen MR) is 93.2 cm³/mol. The fourth-order valence-electron chi connectivity index (χ4n) is 3.02. The Morgan fingerprint density at radius 3 is 2.28 bits per heavy atom. The van der Waals surface area contributed by atoms with Gasteiger partial charge in [0.25, 0.3) is 17.5 Å². The summed E-state index contributed by atoms with van der Waals surface area (Å²) in [5, 5.41) is 12.6. The second-order valence-electron chi connectivity index (χ2n) is 5.58. The van der Waals surface area contributed by atoms with Crippen molar-refractivity contribution < 1.29 is 14.5 Å². The monoisotopic (exact) mass is 352 g/mol. The molecule has 0 saturated carbocycles. The van der Waals surface area contributed by atoms with Gasteiger partial charge in [-0.15, -0.1) is 0 Å². The second-order valence-corrected chi connectivity index (χ2v) is 6.01. The molecular formula is C18H9ClN2O4. The molecule has 0 aliphatic carbocycles. The van der Waals surface area contributed by atoms with E-state index in [0.717, 1.165) is 4.90 Å². The number of rotatable bonds is 2. The summed E-state index contributed by atoms with van der Waals surface area (Å²) in [7, 11) is 0. The lowest BCUT2D eigenvalue weighted by Crippen LogP contribution is -2.40. The number of carbonyl (C=O) groups excluding carboxylic acids is 2. The number of nitro benzene ring substituents is 1. The fraction of sp³-hybridized carbons (Fsp3) is 0. The van der Waals surface area contributed by atoms with Crippen molar-refractivity contribution in [1.82, 2.24) is 0 Å². The van der Waals surface area contributed by atoms with Crippen LogP contribution in [-0.2, 0) is 0 Å². The molecule has 6 nitrogen and oxygen atoms in total. The number of halogens is 1. The Hall–Kier alpha value is -3.25. The lowest BCUT2D eigenvalue weighted by Gasteiger charge is -2.27. The number of amides is 2. The van der Waals surface area contributed by atoms with Gasteiger partial charge < -0.3 is 0 Å². The standard InChI is InChI=1S/C18H9ClN2O4/c19-11-4-6-12(7-5-11)20-17(22)14-3-1-2-10-8-13(21(24)25)9-15(16(10)14)18(20)23/h1-9H. The number of imide groups is 1. The molecule has 1 aliphatic heterocycles. The third kappa shape index (κ3) is 2.27. The van der Waals surface area contributed by atoms with Gasteiger partial charge >= 0.3 is 0 Å². The summed E-state index contributed by atoms with van der Waals surface area (Å²) < 4.78 is 0. The zero-order valence-corrected chi connectivity index (χ0v) is 13.4. The Kier molecular flexibility index (Phi) is 3.30. The van der Waals surface area contributed by atoms with Crippen molar-refractivity contribution in [3.05, 3.63) is 80.9 Å². The van der Waals surface area contributed by atoms with Gasteiger partial charge in [-0.3, -0.25) is 19.7 Å². The first-order valence-electron chi connectivity index (χ1n) is 7.33. The molecule has 0 unspecified atom stereocenters. The number of anilines is 1. The van der Waals surface area contributed by atoms with Gasteiger partial charge in [0.1, 0.15) is 0 Å². The highest BCUT2D eigenvalue weighted by atomic mass is 35.5.